The Morgan fingerprint density at radius 2 is 2.24 bits per heavy atom. The van der Waals surface area contributed by atoms with E-state index in [1.54, 1.807) is 26.0 Å². The largest absolute Gasteiger partial charge is 0.465 e. The zero-order valence-corrected chi connectivity index (χ0v) is 10.5. The first-order valence-electron chi connectivity index (χ1n) is 5.47. The van der Waals surface area contributed by atoms with Crippen LogP contribution in [0, 0.1) is 0 Å². The summed E-state index contributed by atoms with van der Waals surface area (Å²) in [5, 5.41) is 1.54. The van der Waals surface area contributed by atoms with Gasteiger partial charge in [-0.2, -0.15) is 0 Å². The van der Waals surface area contributed by atoms with Crippen LogP contribution in [0.3, 0.4) is 0 Å². The Bertz CT molecular complexity index is 545. The first kappa shape index (κ1) is 12.0. The van der Waals surface area contributed by atoms with Gasteiger partial charge in [-0.05, 0) is 38.1 Å². The molecule has 0 aliphatic heterocycles. The summed E-state index contributed by atoms with van der Waals surface area (Å²) in [7, 11) is 0. The highest BCUT2D eigenvalue weighted by Gasteiger charge is 2.20. The Morgan fingerprint density at radius 3 is 2.94 bits per heavy atom. The lowest BCUT2D eigenvalue weighted by atomic mass is 10.1. The molecule has 0 aliphatic rings. The van der Waals surface area contributed by atoms with Crippen LogP contribution in [-0.2, 0) is 9.53 Å². The van der Waals surface area contributed by atoms with Crippen LogP contribution in [0.15, 0.2) is 28.7 Å². The number of halogens is 1. The number of carbonyl (C=O) groups excluding carboxylic acids is 1. The molecular formula is C13H13ClO3. The molecule has 1 atom stereocenters. The third-order valence-electron chi connectivity index (χ3n) is 2.56. The highest BCUT2D eigenvalue weighted by Crippen LogP contribution is 2.27. The number of hydrogen-bond acceptors (Lipinski definition) is 3. The fraction of sp³-hybridized carbons (Fsp3) is 0.308. The van der Waals surface area contributed by atoms with E-state index >= 15 is 0 Å². The van der Waals surface area contributed by atoms with E-state index in [0.29, 0.717) is 17.4 Å². The molecular weight excluding hydrogens is 240 g/mol. The van der Waals surface area contributed by atoms with Gasteiger partial charge in [-0.25, -0.2) is 0 Å². The zero-order chi connectivity index (χ0) is 12.4. The van der Waals surface area contributed by atoms with Crippen LogP contribution in [0.25, 0.3) is 11.0 Å². The van der Waals surface area contributed by atoms with Gasteiger partial charge in [-0.3, -0.25) is 4.79 Å². The molecule has 0 aliphatic carbocycles. The van der Waals surface area contributed by atoms with Gasteiger partial charge in [-0.15, -0.1) is 0 Å². The summed E-state index contributed by atoms with van der Waals surface area (Å²) in [5.41, 5.74) is 0.723. The molecule has 2 aromatic rings. The van der Waals surface area contributed by atoms with Gasteiger partial charge in [0, 0.05) is 10.4 Å². The molecule has 90 valence electrons. The van der Waals surface area contributed by atoms with Crippen LogP contribution in [0.2, 0.25) is 5.02 Å². The first-order chi connectivity index (χ1) is 8.11. The number of ether oxygens (including phenoxy) is 1. The fourth-order valence-electron chi connectivity index (χ4n) is 1.63. The second kappa shape index (κ2) is 4.80. The highest BCUT2D eigenvalue weighted by molar-refractivity contribution is 6.31. The third-order valence-corrected chi connectivity index (χ3v) is 2.80. The Morgan fingerprint density at radius 1 is 1.47 bits per heavy atom. The Balaban J connectivity index is 2.33. The van der Waals surface area contributed by atoms with E-state index in [4.69, 9.17) is 20.8 Å². The number of esters is 1. The molecule has 0 fully saturated rings. The van der Waals surface area contributed by atoms with E-state index in [0.717, 1.165) is 11.0 Å². The van der Waals surface area contributed by atoms with Crippen LogP contribution < -0.4 is 0 Å². The molecule has 2 rings (SSSR count). The fourth-order valence-corrected chi connectivity index (χ4v) is 1.81. The van der Waals surface area contributed by atoms with E-state index in [1.807, 2.05) is 12.1 Å². The maximum atomic E-state index is 11.6. The summed E-state index contributed by atoms with van der Waals surface area (Å²) in [4.78, 5) is 11.6. The molecule has 0 saturated heterocycles. The summed E-state index contributed by atoms with van der Waals surface area (Å²) in [5.74, 6) is -0.0838. The number of rotatable bonds is 3. The average Bonchev–Trinajstić information content (AvgIpc) is 2.71. The van der Waals surface area contributed by atoms with Gasteiger partial charge in [0.25, 0.3) is 0 Å². The normalized spacial score (nSPS) is 12.6. The summed E-state index contributed by atoms with van der Waals surface area (Å²) in [6.07, 6.45) is 0. The van der Waals surface area contributed by atoms with Gasteiger partial charge in [0.1, 0.15) is 17.3 Å². The topological polar surface area (TPSA) is 39.4 Å². The Labute approximate surface area is 104 Å². The number of carbonyl (C=O) groups is 1. The van der Waals surface area contributed by atoms with Crippen molar-refractivity contribution in [2.24, 2.45) is 0 Å². The molecule has 0 radical (unpaired) electrons. The van der Waals surface area contributed by atoms with Crippen LogP contribution in [0.4, 0.5) is 0 Å². The number of fused-ring (bicyclic) bond motifs is 1. The van der Waals surface area contributed by atoms with Crippen molar-refractivity contribution in [3.63, 3.8) is 0 Å². The van der Waals surface area contributed by atoms with E-state index in [1.165, 1.54) is 0 Å². The lowest BCUT2D eigenvalue weighted by Crippen LogP contribution is -2.12. The van der Waals surface area contributed by atoms with Crippen LogP contribution >= 0.6 is 11.6 Å². The Hall–Kier alpha value is -1.48. The van der Waals surface area contributed by atoms with E-state index in [-0.39, 0.29) is 5.97 Å². The van der Waals surface area contributed by atoms with Crippen molar-refractivity contribution < 1.29 is 13.9 Å². The van der Waals surface area contributed by atoms with E-state index in [9.17, 15) is 4.79 Å². The number of hydrogen-bond donors (Lipinski definition) is 0. The van der Waals surface area contributed by atoms with Gasteiger partial charge >= 0.3 is 5.97 Å². The standard InChI is InChI=1S/C13H13ClO3/c1-3-16-13(15)8(2)12-7-9-6-10(14)4-5-11(9)17-12/h4-8H,3H2,1-2H3. The second-order valence-electron chi connectivity index (χ2n) is 3.80. The molecule has 0 bridgehead atoms. The lowest BCUT2D eigenvalue weighted by molar-refractivity contribution is -0.144. The number of benzene rings is 1. The second-order valence-corrected chi connectivity index (χ2v) is 4.24. The molecule has 3 nitrogen and oxygen atoms in total. The van der Waals surface area contributed by atoms with Gasteiger partial charge < -0.3 is 9.15 Å². The molecule has 0 amide bonds. The summed E-state index contributed by atoms with van der Waals surface area (Å²) in [6, 6.07) is 7.18. The monoisotopic (exact) mass is 252 g/mol. The van der Waals surface area contributed by atoms with Crippen molar-refractivity contribution in [3.8, 4) is 0 Å². The predicted molar refractivity (Wildman–Crippen MR) is 66.3 cm³/mol. The maximum absolute atomic E-state index is 11.6. The summed E-state index contributed by atoms with van der Waals surface area (Å²) in [6.45, 7) is 3.91. The quantitative estimate of drug-likeness (QED) is 0.781. The highest BCUT2D eigenvalue weighted by atomic mass is 35.5. The SMILES string of the molecule is CCOC(=O)C(C)c1cc2cc(Cl)ccc2o1. The lowest BCUT2D eigenvalue weighted by Gasteiger charge is -2.06. The number of furan rings is 1. The minimum absolute atomic E-state index is 0.280. The molecule has 1 aromatic carbocycles. The van der Waals surface area contributed by atoms with Crippen LogP contribution in [0.1, 0.15) is 25.5 Å². The summed E-state index contributed by atoms with van der Waals surface area (Å²) < 4.78 is 10.5. The van der Waals surface area contributed by atoms with Crippen molar-refractivity contribution >= 4 is 28.5 Å². The smallest absolute Gasteiger partial charge is 0.316 e. The maximum Gasteiger partial charge on any atom is 0.316 e. The minimum Gasteiger partial charge on any atom is -0.465 e. The van der Waals surface area contributed by atoms with Crippen molar-refractivity contribution in [2.75, 3.05) is 6.61 Å². The van der Waals surface area contributed by atoms with Gasteiger partial charge in [0.05, 0.1) is 6.61 Å². The van der Waals surface area contributed by atoms with E-state index in [2.05, 4.69) is 0 Å². The van der Waals surface area contributed by atoms with Crippen molar-refractivity contribution in [1.82, 2.24) is 0 Å². The molecule has 1 unspecified atom stereocenters. The Kier molecular flexibility index (Phi) is 3.38. The molecule has 0 N–H and O–H groups in total. The predicted octanol–water partition coefficient (Wildman–Crippen LogP) is 3.75. The molecule has 4 heteroatoms. The van der Waals surface area contributed by atoms with E-state index < -0.39 is 5.92 Å². The molecule has 1 heterocycles. The zero-order valence-electron chi connectivity index (χ0n) is 9.70. The molecule has 1 aromatic heterocycles. The molecule has 0 spiro atoms. The molecule has 17 heavy (non-hydrogen) atoms. The van der Waals surface area contributed by atoms with Gasteiger partial charge in [-0.1, -0.05) is 11.6 Å². The van der Waals surface area contributed by atoms with Crippen molar-refractivity contribution in [2.45, 2.75) is 19.8 Å². The van der Waals surface area contributed by atoms with Gasteiger partial charge in [0.2, 0.25) is 0 Å². The van der Waals surface area contributed by atoms with Gasteiger partial charge in [0.15, 0.2) is 0 Å². The third kappa shape index (κ3) is 2.44. The average molecular weight is 253 g/mol. The van der Waals surface area contributed by atoms with Crippen LogP contribution in [0.5, 0.6) is 0 Å². The first-order valence-corrected chi connectivity index (χ1v) is 5.85. The van der Waals surface area contributed by atoms with Crippen molar-refractivity contribution in [1.29, 1.82) is 0 Å². The minimum atomic E-state index is -0.402. The van der Waals surface area contributed by atoms with Crippen molar-refractivity contribution in [3.05, 3.63) is 35.0 Å². The molecule has 0 saturated carbocycles. The van der Waals surface area contributed by atoms with Crippen LogP contribution in [-0.4, -0.2) is 12.6 Å². The summed E-state index contributed by atoms with van der Waals surface area (Å²) >= 11 is 5.89.